The van der Waals surface area contributed by atoms with Crippen LogP contribution in [0, 0.1) is 5.92 Å². The van der Waals surface area contributed by atoms with E-state index in [4.69, 9.17) is 29.4 Å². The molecule has 0 spiro atoms. The van der Waals surface area contributed by atoms with Crippen LogP contribution in [0.3, 0.4) is 0 Å². The quantitative estimate of drug-likeness (QED) is 0.0931. The molecule has 2 unspecified atom stereocenters. The Kier molecular flexibility index (Phi) is 16.4. The molecule has 11 nitrogen and oxygen atoms in total. The van der Waals surface area contributed by atoms with Gasteiger partial charge in [0, 0.05) is 12.3 Å². The summed E-state index contributed by atoms with van der Waals surface area (Å²) in [7, 11) is 0. The molecule has 3 atom stereocenters. The minimum Gasteiger partial charge on any atom is -0.480 e. The maximum absolute atomic E-state index is 12.4. The van der Waals surface area contributed by atoms with Crippen molar-refractivity contribution in [2.24, 2.45) is 11.7 Å². The summed E-state index contributed by atoms with van der Waals surface area (Å²) in [4.78, 5) is 48.6. The summed E-state index contributed by atoms with van der Waals surface area (Å²) in [5.41, 5.74) is 6.39. The molecule has 0 aromatic heterocycles. The molecule has 1 rings (SSSR count). The van der Waals surface area contributed by atoms with Crippen molar-refractivity contribution in [3.05, 3.63) is 23.8 Å². The molecule has 0 bridgehead atoms. The van der Waals surface area contributed by atoms with Gasteiger partial charge < -0.3 is 34.5 Å². The molecule has 0 aliphatic carbocycles. The fourth-order valence-electron chi connectivity index (χ4n) is 3.85. The van der Waals surface area contributed by atoms with E-state index in [-0.39, 0.29) is 43.5 Å². The fourth-order valence-corrected chi connectivity index (χ4v) is 3.85. The first-order valence-electron chi connectivity index (χ1n) is 14.0. The maximum Gasteiger partial charge on any atom is 0.513 e. The summed E-state index contributed by atoms with van der Waals surface area (Å²) in [5, 5.41) is 9.65. The number of aliphatic carboxylic acids is 1. The molecule has 0 heterocycles. The summed E-state index contributed by atoms with van der Waals surface area (Å²) in [6.45, 7) is 9.77. The number of nitrogens with two attached hydrogens (primary N) is 1. The zero-order valence-corrected chi connectivity index (χ0v) is 24.3. The van der Waals surface area contributed by atoms with Crippen LogP contribution in [0.15, 0.2) is 18.2 Å². The van der Waals surface area contributed by atoms with Gasteiger partial charge in [0.05, 0.1) is 19.3 Å². The normalized spacial score (nSPS) is 13.2. The first-order valence-corrected chi connectivity index (χ1v) is 14.0. The van der Waals surface area contributed by atoms with Crippen molar-refractivity contribution in [3.63, 3.8) is 0 Å². The van der Waals surface area contributed by atoms with E-state index in [2.05, 4.69) is 0 Å². The van der Waals surface area contributed by atoms with Gasteiger partial charge in [-0.25, -0.2) is 9.59 Å². The number of unbranched alkanes of at least 4 members (excludes halogenated alkanes) is 4. The van der Waals surface area contributed by atoms with Gasteiger partial charge in [-0.05, 0) is 49.8 Å². The number of hydrogen-bond donors (Lipinski definition) is 2. The molecular weight excluding hydrogens is 522 g/mol. The van der Waals surface area contributed by atoms with E-state index >= 15 is 0 Å². The van der Waals surface area contributed by atoms with Gasteiger partial charge in [0.1, 0.15) is 6.04 Å². The Hall–Kier alpha value is -3.34. The predicted molar refractivity (Wildman–Crippen MR) is 147 cm³/mol. The van der Waals surface area contributed by atoms with Gasteiger partial charge in [0.2, 0.25) is 0 Å². The van der Waals surface area contributed by atoms with Gasteiger partial charge in [-0.2, -0.15) is 0 Å². The number of ether oxygens (including phenoxy) is 5. The van der Waals surface area contributed by atoms with Crippen molar-refractivity contribution >= 4 is 24.2 Å². The molecule has 0 saturated carbocycles. The van der Waals surface area contributed by atoms with Crippen molar-refractivity contribution in [2.45, 2.75) is 104 Å². The van der Waals surface area contributed by atoms with Crippen LogP contribution >= 0.6 is 0 Å². The highest BCUT2D eigenvalue weighted by atomic mass is 16.7. The van der Waals surface area contributed by atoms with Gasteiger partial charge in [0.25, 0.3) is 0 Å². The van der Waals surface area contributed by atoms with E-state index in [0.717, 1.165) is 25.7 Å². The van der Waals surface area contributed by atoms with E-state index in [9.17, 15) is 24.3 Å². The van der Waals surface area contributed by atoms with E-state index in [0.29, 0.717) is 18.4 Å². The SMILES string of the molecule is CCCCCOC(=O)Oc1ccc(C(CC(C)OC(=O)CC(C)C)[C@H](N)C(=O)O)cc1OC(=O)OCCCCC. The molecule has 0 fully saturated rings. The molecule has 226 valence electrons. The number of rotatable bonds is 18. The van der Waals surface area contributed by atoms with Crippen LogP contribution in [-0.4, -0.2) is 54.7 Å². The molecule has 0 aliphatic rings. The first-order chi connectivity index (χ1) is 19.0. The van der Waals surface area contributed by atoms with Gasteiger partial charge in [-0.3, -0.25) is 9.59 Å². The van der Waals surface area contributed by atoms with Crippen LogP contribution in [-0.2, 0) is 23.8 Å². The average Bonchev–Trinajstić information content (AvgIpc) is 2.87. The number of carboxylic acids is 1. The number of esters is 1. The lowest BCUT2D eigenvalue weighted by molar-refractivity contribution is -0.149. The number of carbonyl (C=O) groups excluding carboxylic acids is 3. The average molecular weight is 568 g/mol. The van der Waals surface area contributed by atoms with Gasteiger partial charge >= 0.3 is 24.2 Å². The Bertz CT molecular complexity index is 949. The van der Waals surface area contributed by atoms with Crippen LogP contribution in [0.25, 0.3) is 0 Å². The van der Waals surface area contributed by atoms with Crippen molar-refractivity contribution in [1.82, 2.24) is 0 Å². The van der Waals surface area contributed by atoms with Crippen LogP contribution in [0.4, 0.5) is 9.59 Å². The summed E-state index contributed by atoms with van der Waals surface area (Å²) < 4.78 is 26.3. The first kappa shape index (κ1) is 34.7. The zero-order chi connectivity index (χ0) is 30.1. The summed E-state index contributed by atoms with van der Waals surface area (Å²) >= 11 is 0. The predicted octanol–water partition coefficient (Wildman–Crippen LogP) is 5.96. The van der Waals surface area contributed by atoms with Crippen molar-refractivity contribution in [3.8, 4) is 11.5 Å². The summed E-state index contributed by atoms with van der Waals surface area (Å²) in [6, 6.07) is 2.87. The number of benzene rings is 1. The second kappa shape index (κ2) is 18.9. The van der Waals surface area contributed by atoms with Gasteiger partial charge in [0.15, 0.2) is 11.5 Å². The molecule has 0 saturated heterocycles. The molecule has 0 aliphatic heterocycles. The Morgan fingerprint density at radius 2 is 1.40 bits per heavy atom. The molecule has 1 aromatic carbocycles. The molecule has 3 N–H and O–H groups in total. The highest BCUT2D eigenvalue weighted by molar-refractivity contribution is 5.75. The summed E-state index contributed by atoms with van der Waals surface area (Å²) in [6.07, 6.45) is 2.64. The summed E-state index contributed by atoms with van der Waals surface area (Å²) in [5.74, 6) is -2.69. The second-order valence-electron chi connectivity index (χ2n) is 10.1. The lowest BCUT2D eigenvalue weighted by Crippen LogP contribution is -2.38. The van der Waals surface area contributed by atoms with Crippen molar-refractivity contribution < 1.29 is 48.0 Å². The third-order valence-corrected chi connectivity index (χ3v) is 5.93. The maximum atomic E-state index is 12.4. The minimum atomic E-state index is -1.37. The molecule has 0 amide bonds. The van der Waals surface area contributed by atoms with Crippen LogP contribution in [0.2, 0.25) is 0 Å². The third kappa shape index (κ3) is 13.6. The largest absolute Gasteiger partial charge is 0.513 e. The number of hydrogen-bond acceptors (Lipinski definition) is 10. The third-order valence-electron chi connectivity index (χ3n) is 5.93. The Labute approximate surface area is 236 Å². The Morgan fingerprint density at radius 3 is 1.90 bits per heavy atom. The molecule has 0 radical (unpaired) electrons. The molecule has 40 heavy (non-hydrogen) atoms. The van der Waals surface area contributed by atoms with E-state index < -0.39 is 42.3 Å². The smallest absolute Gasteiger partial charge is 0.480 e. The standard InChI is InChI=1S/C29H45NO10/c1-6-8-10-14-36-28(34)39-23-13-12-21(18-24(23)40-29(35)37-15-11-9-7-2)22(26(30)27(32)33)17-20(5)38-25(31)16-19(3)4/h12-13,18-20,22,26H,6-11,14-17,30H2,1-5H3,(H,32,33)/t20?,22?,26-/m0/s1. The van der Waals surface area contributed by atoms with Crippen LogP contribution < -0.4 is 15.2 Å². The van der Waals surface area contributed by atoms with Crippen molar-refractivity contribution in [1.29, 1.82) is 0 Å². The highest BCUT2D eigenvalue weighted by Gasteiger charge is 2.30. The minimum absolute atomic E-state index is 0.0812. The van der Waals surface area contributed by atoms with Gasteiger partial charge in [-0.15, -0.1) is 0 Å². The Morgan fingerprint density at radius 1 is 0.850 bits per heavy atom. The number of carbonyl (C=O) groups is 4. The Balaban J connectivity index is 3.22. The highest BCUT2D eigenvalue weighted by Crippen LogP contribution is 2.35. The van der Waals surface area contributed by atoms with Crippen molar-refractivity contribution in [2.75, 3.05) is 13.2 Å². The monoisotopic (exact) mass is 567 g/mol. The second-order valence-corrected chi connectivity index (χ2v) is 10.1. The zero-order valence-electron chi connectivity index (χ0n) is 24.3. The fraction of sp³-hybridized carbons (Fsp3) is 0.655. The van der Waals surface area contributed by atoms with E-state index in [1.165, 1.54) is 18.2 Å². The van der Waals surface area contributed by atoms with E-state index in [1.807, 2.05) is 27.7 Å². The number of carboxylic acid groups (broad SMARTS) is 1. The molecule has 1 aromatic rings. The van der Waals surface area contributed by atoms with Gasteiger partial charge in [-0.1, -0.05) is 59.4 Å². The molecular formula is C29H45NO10. The topological polar surface area (TPSA) is 161 Å². The lowest BCUT2D eigenvalue weighted by atomic mass is 9.87. The van der Waals surface area contributed by atoms with Crippen LogP contribution in [0.5, 0.6) is 11.5 Å². The lowest BCUT2D eigenvalue weighted by Gasteiger charge is -2.25. The van der Waals surface area contributed by atoms with E-state index in [1.54, 1.807) is 6.92 Å². The molecule has 11 heteroatoms. The van der Waals surface area contributed by atoms with Crippen LogP contribution in [0.1, 0.15) is 97.5 Å².